The Bertz CT molecular complexity index is 1040. The maximum absolute atomic E-state index is 12.8. The third-order valence-electron chi connectivity index (χ3n) is 5.15. The molecule has 1 aliphatic rings. The van der Waals surface area contributed by atoms with E-state index in [0.717, 1.165) is 12.8 Å². The molecular formula is C22H26ClN3O4S. The Labute approximate surface area is 187 Å². The number of hydrogen-bond acceptors (Lipinski definition) is 4. The van der Waals surface area contributed by atoms with Gasteiger partial charge in [0.05, 0.1) is 15.5 Å². The predicted molar refractivity (Wildman–Crippen MR) is 121 cm³/mol. The fraction of sp³-hybridized carbons (Fsp3) is 0.364. The van der Waals surface area contributed by atoms with Crippen molar-refractivity contribution in [3.05, 3.63) is 59.1 Å². The fourth-order valence-electron chi connectivity index (χ4n) is 3.48. The van der Waals surface area contributed by atoms with E-state index >= 15 is 0 Å². The highest BCUT2D eigenvalue weighted by Crippen LogP contribution is 2.24. The Hall–Kier alpha value is -2.42. The molecule has 1 fully saturated rings. The van der Waals surface area contributed by atoms with Crippen molar-refractivity contribution < 1.29 is 18.0 Å². The van der Waals surface area contributed by atoms with Crippen LogP contribution in [0.15, 0.2) is 53.4 Å². The molecule has 1 saturated heterocycles. The number of carbonyl (C=O) groups is 2. The molecule has 1 aliphatic heterocycles. The van der Waals surface area contributed by atoms with Gasteiger partial charge >= 0.3 is 0 Å². The standard InChI is InChI=1S/C22H26ClN3O4S/c1-16-5-4-14-26(15-16)31(29,30)18-10-8-17(9-11-18)25-21(27)12-13-24-22(28)19-6-2-3-7-20(19)23/h2-3,6-11,16H,4-5,12-15H2,1H3,(H,24,28)(H,25,27). The minimum Gasteiger partial charge on any atom is -0.351 e. The second-order valence-electron chi connectivity index (χ2n) is 7.67. The van der Waals surface area contributed by atoms with E-state index < -0.39 is 10.0 Å². The summed E-state index contributed by atoms with van der Waals surface area (Å²) >= 11 is 5.98. The summed E-state index contributed by atoms with van der Waals surface area (Å²) in [6.07, 6.45) is 1.97. The third-order valence-corrected chi connectivity index (χ3v) is 7.36. The summed E-state index contributed by atoms with van der Waals surface area (Å²) in [5, 5.41) is 5.71. The predicted octanol–water partition coefficient (Wildman–Crippen LogP) is 3.52. The summed E-state index contributed by atoms with van der Waals surface area (Å²) in [6, 6.07) is 12.8. The van der Waals surface area contributed by atoms with E-state index in [1.54, 1.807) is 36.4 Å². The number of hydrogen-bond donors (Lipinski definition) is 2. The number of rotatable bonds is 7. The van der Waals surface area contributed by atoms with Crippen molar-refractivity contribution >= 4 is 39.1 Å². The highest BCUT2D eigenvalue weighted by molar-refractivity contribution is 7.89. The lowest BCUT2D eigenvalue weighted by atomic mass is 10.0. The molecule has 0 aromatic heterocycles. The van der Waals surface area contributed by atoms with Gasteiger partial charge < -0.3 is 10.6 Å². The smallest absolute Gasteiger partial charge is 0.252 e. The number of halogens is 1. The zero-order valence-electron chi connectivity index (χ0n) is 17.3. The Kier molecular flexibility index (Phi) is 7.69. The maximum atomic E-state index is 12.8. The van der Waals surface area contributed by atoms with Gasteiger partial charge in [-0.1, -0.05) is 30.7 Å². The Morgan fingerprint density at radius 1 is 1.13 bits per heavy atom. The highest BCUT2D eigenvalue weighted by Gasteiger charge is 2.28. The number of nitrogens with zero attached hydrogens (tertiary/aromatic N) is 1. The summed E-state index contributed by atoms with van der Waals surface area (Å²) in [5.41, 5.74) is 0.845. The summed E-state index contributed by atoms with van der Waals surface area (Å²) < 4.78 is 27.1. The van der Waals surface area contributed by atoms with Crippen LogP contribution < -0.4 is 10.6 Å². The Morgan fingerprint density at radius 3 is 2.52 bits per heavy atom. The van der Waals surface area contributed by atoms with Gasteiger partial charge in [0.1, 0.15) is 0 Å². The molecule has 0 aliphatic carbocycles. The molecule has 9 heteroatoms. The van der Waals surface area contributed by atoms with E-state index in [9.17, 15) is 18.0 Å². The molecule has 2 amide bonds. The van der Waals surface area contributed by atoms with Gasteiger partial charge in [0.25, 0.3) is 5.91 Å². The first-order valence-electron chi connectivity index (χ1n) is 10.2. The summed E-state index contributed by atoms with van der Waals surface area (Å²) in [4.78, 5) is 24.5. The number of sulfonamides is 1. The van der Waals surface area contributed by atoms with E-state index in [1.807, 2.05) is 0 Å². The lowest BCUT2D eigenvalue weighted by Gasteiger charge is -2.30. The molecule has 1 atom stereocenters. The highest BCUT2D eigenvalue weighted by atomic mass is 35.5. The molecular weight excluding hydrogens is 438 g/mol. The molecule has 0 spiro atoms. The number of nitrogens with one attached hydrogen (secondary N) is 2. The van der Waals surface area contributed by atoms with Crippen molar-refractivity contribution in [2.45, 2.75) is 31.1 Å². The van der Waals surface area contributed by atoms with Gasteiger partial charge in [0, 0.05) is 31.7 Å². The van der Waals surface area contributed by atoms with Crippen LogP contribution in [0.2, 0.25) is 5.02 Å². The van der Waals surface area contributed by atoms with Crippen molar-refractivity contribution in [3.63, 3.8) is 0 Å². The van der Waals surface area contributed by atoms with Crippen molar-refractivity contribution in [1.29, 1.82) is 0 Å². The third kappa shape index (κ3) is 6.06. The van der Waals surface area contributed by atoms with Crippen LogP contribution in [-0.4, -0.2) is 44.2 Å². The topological polar surface area (TPSA) is 95.6 Å². The summed E-state index contributed by atoms with van der Waals surface area (Å²) in [6.45, 7) is 3.26. The Balaban J connectivity index is 1.51. The second-order valence-corrected chi connectivity index (χ2v) is 10.0. The Morgan fingerprint density at radius 2 is 1.84 bits per heavy atom. The van der Waals surface area contributed by atoms with Crippen molar-refractivity contribution in [2.24, 2.45) is 5.92 Å². The minimum atomic E-state index is -3.53. The van der Waals surface area contributed by atoms with Gasteiger partial charge in [-0.25, -0.2) is 8.42 Å². The molecule has 1 unspecified atom stereocenters. The van der Waals surface area contributed by atoms with Crippen LogP contribution in [0, 0.1) is 5.92 Å². The molecule has 0 radical (unpaired) electrons. The van der Waals surface area contributed by atoms with Crippen LogP contribution in [0.5, 0.6) is 0 Å². The van der Waals surface area contributed by atoms with Gasteiger partial charge in [-0.05, 0) is 55.2 Å². The molecule has 1 heterocycles. The summed E-state index contributed by atoms with van der Waals surface area (Å²) in [7, 11) is -3.53. The van der Waals surface area contributed by atoms with Gasteiger partial charge in [-0.2, -0.15) is 4.31 Å². The first-order chi connectivity index (χ1) is 14.8. The monoisotopic (exact) mass is 463 g/mol. The average Bonchev–Trinajstić information content (AvgIpc) is 2.74. The van der Waals surface area contributed by atoms with Gasteiger partial charge in [0.2, 0.25) is 15.9 Å². The molecule has 7 nitrogen and oxygen atoms in total. The molecule has 0 saturated carbocycles. The number of carbonyl (C=O) groups excluding carboxylic acids is 2. The number of piperidine rings is 1. The fourth-order valence-corrected chi connectivity index (χ4v) is 5.30. The zero-order valence-corrected chi connectivity index (χ0v) is 18.9. The van der Waals surface area contributed by atoms with Crippen molar-refractivity contribution in [2.75, 3.05) is 25.0 Å². The van der Waals surface area contributed by atoms with E-state index in [2.05, 4.69) is 17.6 Å². The zero-order chi connectivity index (χ0) is 22.4. The molecule has 31 heavy (non-hydrogen) atoms. The number of benzene rings is 2. The average molecular weight is 464 g/mol. The van der Waals surface area contributed by atoms with E-state index in [0.29, 0.717) is 35.3 Å². The molecule has 0 bridgehead atoms. The van der Waals surface area contributed by atoms with Crippen LogP contribution >= 0.6 is 11.6 Å². The number of amides is 2. The molecule has 2 N–H and O–H groups in total. The quantitative estimate of drug-likeness (QED) is 0.656. The van der Waals surface area contributed by atoms with Crippen LogP contribution in [0.3, 0.4) is 0 Å². The minimum absolute atomic E-state index is 0.0713. The van der Waals surface area contributed by atoms with Crippen molar-refractivity contribution in [1.82, 2.24) is 9.62 Å². The molecule has 2 aromatic carbocycles. The van der Waals surface area contributed by atoms with Crippen LogP contribution in [0.1, 0.15) is 36.5 Å². The van der Waals surface area contributed by atoms with Gasteiger partial charge in [0.15, 0.2) is 0 Å². The van der Waals surface area contributed by atoms with E-state index in [-0.39, 0.29) is 29.7 Å². The van der Waals surface area contributed by atoms with Crippen LogP contribution in [0.4, 0.5) is 5.69 Å². The van der Waals surface area contributed by atoms with Gasteiger partial charge in [-0.15, -0.1) is 0 Å². The molecule has 166 valence electrons. The first-order valence-corrected chi connectivity index (χ1v) is 12.0. The SMILES string of the molecule is CC1CCCN(S(=O)(=O)c2ccc(NC(=O)CCNC(=O)c3ccccc3Cl)cc2)C1. The lowest BCUT2D eigenvalue weighted by molar-refractivity contribution is -0.116. The van der Waals surface area contributed by atoms with Crippen LogP contribution in [0.25, 0.3) is 0 Å². The lowest BCUT2D eigenvalue weighted by Crippen LogP contribution is -2.39. The largest absolute Gasteiger partial charge is 0.351 e. The molecule has 2 aromatic rings. The number of anilines is 1. The molecule has 3 rings (SSSR count). The summed E-state index contributed by atoms with van der Waals surface area (Å²) in [5.74, 6) is -0.291. The normalized spacial score (nSPS) is 17.2. The van der Waals surface area contributed by atoms with Gasteiger partial charge in [-0.3, -0.25) is 9.59 Å². The first kappa shape index (κ1) is 23.2. The second kappa shape index (κ2) is 10.3. The van der Waals surface area contributed by atoms with Crippen LogP contribution in [-0.2, 0) is 14.8 Å². The maximum Gasteiger partial charge on any atom is 0.252 e. The van der Waals surface area contributed by atoms with Crippen molar-refractivity contribution in [3.8, 4) is 0 Å². The van der Waals surface area contributed by atoms with E-state index in [4.69, 9.17) is 11.6 Å². The van der Waals surface area contributed by atoms with E-state index in [1.165, 1.54) is 16.4 Å².